The van der Waals surface area contributed by atoms with Crippen molar-refractivity contribution < 1.29 is 4.74 Å². The Morgan fingerprint density at radius 1 is 1.21 bits per heavy atom. The third-order valence-corrected chi connectivity index (χ3v) is 3.32. The van der Waals surface area contributed by atoms with Crippen molar-refractivity contribution in [2.75, 3.05) is 7.11 Å². The molecule has 0 fully saturated rings. The Bertz CT molecular complexity index is 536. The average molecular weight is 259 g/mol. The van der Waals surface area contributed by atoms with Gasteiger partial charge in [0, 0.05) is 30.9 Å². The Labute approximate surface area is 114 Å². The number of nitrogens with one attached hydrogen (secondary N) is 1. The second kappa shape index (κ2) is 5.89. The van der Waals surface area contributed by atoms with Crippen molar-refractivity contribution in [3.8, 4) is 5.75 Å². The molecule has 0 saturated heterocycles. The Morgan fingerprint density at radius 3 is 2.58 bits per heavy atom. The van der Waals surface area contributed by atoms with Gasteiger partial charge in [-0.3, -0.25) is 4.68 Å². The highest BCUT2D eigenvalue weighted by Crippen LogP contribution is 2.22. The summed E-state index contributed by atoms with van der Waals surface area (Å²) in [5, 5.41) is 7.77. The lowest BCUT2D eigenvalue weighted by Crippen LogP contribution is -2.22. The molecule has 19 heavy (non-hydrogen) atoms. The van der Waals surface area contributed by atoms with Gasteiger partial charge in [0.15, 0.2) is 0 Å². The first-order valence-electron chi connectivity index (χ1n) is 6.48. The van der Waals surface area contributed by atoms with E-state index in [9.17, 15) is 0 Å². The molecule has 0 amide bonds. The number of aromatic nitrogens is 2. The molecular formula is C15H21N3O. The fraction of sp³-hybridized carbons (Fsp3) is 0.400. The summed E-state index contributed by atoms with van der Waals surface area (Å²) in [5.41, 5.74) is 2.41. The van der Waals surface area contributed by atoms with Crippen LogP contribution in [-0.4, -0.2) is 16.9 Å². The molecule has 0 saturated carbocycles. The van der Waals surface area contributed by atoms with Crippen molar-refractivity contribution in [1.82, 2.24) is 15.1 Å². The Hall–Kier alpha value is -1.81. The number of hydrogen-bond donors (Lipinski definition) is 1. The van der Waals surface area contributed by atoms with Crippen LogP contribution in [0.1, 0.15) is 37.1 Å². The lowest BCUT2D eigenvalue weighted by molar-refractivity contribution is 0.412. The number of nitrogens with zero attached hydrogens (tertiary/aromatic N) is 2. The third kappa shape index (κ3) is 3.35. The van der Waals surface area contributed by atoms with E-state index in [1.807, 2.05) is 36.3 Å². The number of hydrogen-bond acceptors (Lipinski definition) is 3. The van der Waals surface area contributed by atoms with Gasteiger partial charge in [0.2, 0.25) is 0 Å². The molecule has 2 rings (SSSR count). The lowest BCUT2D eigenvalue weighted by atomic mass is 10.1. The molecule has 4 heteroatoms. The van der Waals surface area contributed by atoms with Crippen molar-refractivity contribution in [1.29, 1.82) is 0 Å². The molecule has 102 valence electrons. The van der Waals surface area contributed by atoms with E-state index in [1.54, 1.807) is 7.11 Å². The van der Waals surface area contributed by atoms with Crippen LogP contribution < -0.4 is 10.1 Å². The van der Waals surface area contributed by atoms with Crippen LogP contribution in [0, 0.1) is 0 Å². The summed E-state index contributed by atoms with van der Waals surface area (Å²) in [5.74, 6) is 0.889. The summed E-state index contributed by atoms with van der Waals surface area (Å²) in [6.45, 7) is 4.30. The quantitative estimate of drug-likeness (QED) is 0.897. The number of benzene rings is 1. The summed E-state index contributed by atoms with van der Waals surface area (Å²) in [6.07, 6.45) is 3.94. The van der Waals surface area contributed by atoms with E-state index in [0.29, 0.717) is 0 Å². The standard InChI is InChI=1S/C15H21N3O/c1-11(13-6-5-7-15(8-13)19-4)17-12(2)14-9-16-18(3)10-14/h5-12,17H,1-4H3/t11-,12?/m1/s1. The molecule has 0 aliphatic rings. The van der Waals surface area contributed by atoms with E-state index in [0.717, 1.165) is 5.75 Å². The van der Waals surface area contributed by atoms with Gasteiger partial charge in [-0.05, 0) is 31.5 Å². The molecular weight excluding hydrogens is 238 g/mol. The van der Waals surface area contributed by atoms with Gasteiger partial charge in [0.25, 0.3) is 0 Å². The zero-order valence-corrected chi connectivity index (χ0v) is 11.9. The molecule has 1 aromatic heterocycles. The Kier molecular flexibility index (Phi) is 4.22. The van der Waals surface area contributed by atoms with Crippen molar-refractivity contribution >= 4 is 0 Å². The highest BCUT2D eigenvalue weighted by molar-refractivity contribution is 5.30. The maximum atomic E-state index is 5.26. The maximum absolute atomic E-state index is 5.26. The van der Waals surface area contributed by atoms with E-state index in [1.165, 1.54) is 11.1 Å². The van der Waals surface area contributed by atoms with Crippen molar-refractivity contribution in [3.05, 3.63) is 47.8 Å². The number of rotatable bonds is 5. The molecule has 0 spiro atoms. The zero-order valence-electron chi connectivity index (χ0n) is 11.9. The van der Waals surface area contributed by atoms with Crippen LogP contribution in [-0.2, 0) is 7.05 Å². The number of ether oxygens (including phenoxy) is 1. The average Bonchev–Trinajstić information content (AvgIpc) is 2.85. The molecule has 0 aliphatic heterocycles. The Balaban J connectivity index is 2.05. The van der Waals surface area contributed by atoms with Crippen LogP contribution in [0.4, 0.5) is 0 Å². The van der Waals surface area contributed by atoms with Crippen LogP contribution >= 0.6 is 0 Å². The van der Waals surface area contributed by atoms with Gasteiger partial charge in [-0.2, -0.15) is 5.10 Å². The first kappa shape index (κ1) is 13.6. The van der Waals surface area contributed by atoms with Gasteiger partial charge < -0.3 is 10.1 Å². The first-order valence-corrected chi connectivity index (χ1v) is 6.48. The van der Waals surface area contributed by atoms with Crippen LogP contribution in [0.2, 0.25) is 0 Å². The third-order valence-electron chi connectivity index (χ3n) is 3.32. The van der Waals surface area contributed by atoms with Crippen LogP contribution in [0.5, 0.6) is 5.75 Å². The second-order valence-electron chi connectivity index (χ2n) is 4.83. The van der Waals surface area contributed by atoms with E-state index in [-0.39, 0.29) is 12.1 Å². The molecule has 1 unspecified atom stereocenters. The molecule has 4 nitrogen and oxygen atoms in total. The fourth-order valence-electron chi connectivity index (χ4n) is 2.14. The van der Waals surface area contributed by atoms with E-state index < -0.39 is 0 Å². The van der Waals surface area contributed by atoms with Gasteiger partial charge in [-0.25, -0.2) is 0 Å². The maximum Gasteiger partial charge on any atom is 0.119 e. The zero-order chi connectivity index (χ0) is 13.8. The highest BCUT2D eigenvalue weighted by Gasteiger charge is 2.12. The van der Waals surface area contributed by atoms with Crippen molar-refractivity contribution in [2.45, 2.75) is 25.9 Å². The molecule has 0 aliphatic carbocycles. The number of methoxy groups -OCH3 is 1. The first-order chi connectivity index (χ1) is 9.10. The summed E-state index contributed by atoms with van der Waals surface area (Å²) in [7, 11) is 3.62. The predicted molar refractivity (Wildman–Crippen MR) is 76.2 cm³/mol. The van der Waals surface area contributed by atoms with Gasteiger partial charge in [-0.1, -0.05) is 12.1 Å². The number of aryl methyl sites for hydroxylation is 1. The minimum absolute atomic E-state index is 0.255. The minimum Gasteiger partial charge on any atom is -0.497 e. The highest BCUT2D eigenvalue weighted by atomic mass is 16.5. The molecule has 0 bridgehead atoms. The lowest BCUT2D eigenvalue weighted by Gasteiger charge is -2.20. The van der Waals surface area contributed by atoms with E-state index in [4.69, 9.17) is 4.74 Å². The molecule has 0 radical (unpaired) electrons. The predicted octanol–water partition coefficient (Wildman–Crippen LogP) is 2.84. The summed E-state index contributed by atoms with van der Waals surface area (Å²) < 4.78 is 7.08. The second-order valence-corrected chi connectivity index (χ2v) is 4.83. The molecule has 1 aromatic carbocycles. The molecule has 2 aromatic rings. The summed E-state index contributed by atoms with van der Waals surface area (Å²) in [4.78, 5) is 0. The Morgan fingerprint density at radius 2 is 1.95 bits per heavy atom. The van der Waals surface area contributed by atoms with Crippen LogP contribution in [0.25, 0.3) is 0 Å². The minimum atomic E-state index is 0.255. The van der Waals surface area contributed by atoms with E-state index in [2.05, 4.69) is 36.4 Å². The van der Waals surface area contributed by atoms with Crippen molar-refractivity contribution in [3.63, 3.8) is 0 Å². The molecule has 2 atom stereocenters. The summed E-state index contributed by atoms with van der Waals surface area (Å²) in [6, 6.07) is 8.66. The SMILES string of the molecule is COc1cccc([C@@H](C)NC(C)c2cnn(C)c2)c1. The van der Waals surface area contributed by atoms with Crippen LogP contribution in [0.3, 0.4) is 0 Å². The topological polar surface area (TPSA) is 39.1 Å². The molecule has 1 heterocycles. The fourth-order valence-corrected chi connectivity index (χ4v) is 2.14. The van der Waals surface area contributed by atoms with Crippen LogP contribution in [0.15, 0.2) is 36.7 Å². The largest absolute Gasteiger partial charge is 0.497 e. The normalized spacial score (nSPS) is 14.1. The smallest absolute Gasteiger partial charge is 0.119 e. The van der Waals surface area contributed by atoms with E-state index >= 15 is 0 Å². The molecule has 1 N–H and O–H groups in total. The van der Waals surface area contributed by atoms with Gasteiger partial charge in [0.1, 0.15) is 5.75 Å². The van der Waals surface area contributed by atoms with Gasteiger partial charge >= 0.3 is 0 Å². The van der Waals surface area contributed by atoms with Gasteiger partial charge in [0.05, 0.1) is 13.3 Å². The van der Waals surface area contributed by atoms with Crippen molar-refractivity contribution in [2.24, 2.45) is 7.05 Å². The van der Waals surface area contributed by atoms with Gasteiger partial charge in [-0.15, -0.1) is 0 Å². The monoisotopic (exact) mass is 259 g/mol. The summed E-state index contributed by atoms with van der Waals surface area (Å²) >= 11 is 0.